The molecule has 18 heavy (non-hydrogen) atoms. The molecule has 0 fully saturated rings. The fraction of sp³-hybridized carbons (Fsp3) is 0.333. The number of rotatable bonds is 5. The van der Waals surface area contributed by atoms with E-state index in [2.05, 4.69) is 35.8 Å². The zero-order chi connectivity index (χ0) is 13.2. The van der Waals surface area contributed by atoms with Crippen molar-refractivity contribution in [1.29, 1.82) is 0 Å². The minimum atomic E-state index is -3.45. The lowest BCUT2D eigenvalue weighted by Crippen LogP contribution is -2.26. The molecule has 0 aliphatic carbocycles. The van der Waals surface area contributed by atoms with Crippen LogP contribution in [0, 0.1) is 6.92 Å². The zero-order valence-electron chi connectivity index (χ0n) is 9.47. The van der Waals surface area contributed by atoms with Gasteiger partial charge in [0.1, 0.15) is 12.2 Å². The van der Waals surface area contributed by atoms with Crippen LogP contribution >= 0.6 is 27.3 Å². The maximum atomic E-state index is 12.0. The average Bonchev–Trinajstić information content (AvgIpc) is 2.88. The largest absolute Gasteiger partial charge is 0.263 e. The zero-order valence-corrected chi connectivity index (χ0v) is 12.7. The van der Waals surface area contributed by atoms with Crippen LogP contribution in [0.2, 0.25) is 0 Å². The molecule has 0 radical (unpaired) electrons. The predicted molar refractivity (Wildman–Crippen MR) is 72.0 cm³/mol. The van der Waals surface area contributed by atoms with Crippen LogP contribution in [-0.2, 0) is 16.4 Å². The van der Waals surface area contributed by atoms with Gasteiger partial charge >= 0.3 is 0 Å². The first kappa shape index (κ1) is 13.7. The van der Waals surface area contributed by atoms with Gasteiger partial charge in [-0.25, -0.2) is 18.1 Å². The summed E-state index contributed by atoms with van der Waals surface area (Å²) in [5, 5.41) is 6.37. The number of nitrogens with zero attached hydrogens (tertiary/aromatic N) is 2. The summed E-state index contributed by atoms with van der Waals surface area (Å²) in [7, 11) is -3.45. The molecular weight excluding hydrogens is 340 g/mol. The van der Waals surface area contributed by atoms with Gasteiger partial charge in [0.2, 0.25) is 10.0 Å². The van der Waals surface area contributed by atoms with Crippen LogP contribution < -0.4 is 4.72 Å². The number of aromatic amines is 1. The Morgan fingerprint density at radius 2 is 2.33 bits per heavy atom. The summed E-state index contributed by atoms with van der Waals surface area (Å²) in [6.45, 7) is 2.06. The second-order valence-electron chi connectivity index (χ2n) is 3.55. The van der Waals surface area contributed by atoms with E-state index in [1.807, 2.05) is 0 Å². The maximum absolute atomic E-state index is 12.0. The van der Waals surface area contributed by atoms with Gasteiger partial charge in [0.25, 0.3) is 0 Å². The minimum absolute atomic E-state index is 0.282. The molecule has 9 heteroatoms. The van der Waals surface area contributed by atoms with Crippen LogP contribution in [0.5, 0.6) is 0 Å². The highest BCUT2D eigenvalue weighted by molar-refractivity contribution is 9.11. The lowest BCUT2D eigenvalue weighted by atomic mass is 10.4. The van der Waals surface area contributed by atoms with Crippen LogP contribution in [0.3, 0.4) is 0 Å². The normalized spacial score (nSPS) is 11.9. The summed E-state index contributed by atoms with van der Waals surface area (Å²) in [6.07, 6.45) is 1.87. The Bertz CT molecular complexity index is 621. The Kier molecular flexibility index (Phi) is 4.15. The van der Waals surface area contributed by atoms with Crippen LogP contribution in [-0.4, -0.2) is 30.1 Å². The lowest BCUT2D eigenvalue weighted by Gasteiger charge is -2.04. The smallest absolute Gasteiger partial charge is 0.241 e. The van der Waals surface area contributed by atoms with Gasteiger partial charge in [0.05, 0.1) is 8.68 Å². The van der Waals surface area contributed by atoms with Crippen molar-refractivity contribution in [2.75, 3.05) is 6.54 Å². The van der Waals surface area contributed by atoms with Crippen molar-refractivity contribution in [2.24, 2.45) is 0 Å². The SMILES string of the molecule is Cc1sc(Br)cc1S(=O)(=O)NCCc1ncn[nH]1. The Labute approximate surface area is 117 Å². The number of H-pyrrole nitrogens is 1. The number of hydrogen-bond donors (Lipinski definition) is 2. The first-order valence-corrected chi connectivity index (χ1v) is 8.18. The van der Waals surface area contributed by atoms with Crippen LogP contribution in [0.15, 0.2) is 21.1 Å². The van der Waals surface area contributed by atoms with Gasteiger partial charge in [-0.15, -0.1) is 11.3 Å². The summed E-state index contributed by atoms with van der Waals surface area (Å²) in [5.74, 6) is 0.654. The molecule has 2 rings (SSSR count). The van der Waals surface area contributed by atoms with Crippen molar-refractivity contribution in [3.05, 3.63) is 26.9 Å². The standard InChI is InChI=1S/C9H11BrN4O2S2/c1-6-7(4-8(10)17-6)18(15,16)13-3-2-9-11-5-12-14-9/h4-5,13H,2-3H2,1H3,(H,11,12,14). The summed E-state index contributed by atoms with van der Waals surface area (Å²) >= 11 is 4.67. The molecule has 0 spiro atoms. The van der Waals surface area contributed by atoms with Crippen LogP contribution in [0.25, 0.3) is 0 Å². The van der Waals surface area contributed by atoms with Gasteiger partial charge in [-0.3, -0.25) is 5.10 Å². The number of sulfonamides is 1. The number of aromatic nitrogens is 3. The van der Waals surface area contributed by atoms with Crippen molar-refractivity contribution < 1.29 is 8.42 Å². The minimum Gasteiger partial charge on any atom is -0.263 e. The average molecular weight is 351 g/mol. The third kappa shape index (κ3) is 3.16. The molecule has 6 nitrogen and oxygen atoms in total. The van der Waals surface area contributed by atoms with Gasteiger partial charge < -0.3 is 0 Å². The fourth-order valence-corrected chi connectivity index (χ4v) is 4.87. The van der Waals surface area contributed by atoms with E-state index in [1.165, 1.54) is 17.7 Å². The van der Waals surface area contributed by atoms with Crippen molar-refractivity contribution in [3.63, 3.8) is 0 Å². The number of aryl methyl sites for hydroxylation is 1. The molecule has 0 aromatic carbocycles. The van der Waals surface area contributed by atoms with E-state index in [1.54, 1.807) is 13.0 Å². The molecule has 0 aliphatic rings. The summed E-state index contributed by atoms with van der Waals surface area (Å²) < 4.78 is 27.4. The molecule has 2 N–H and O–H groups in total. The highest BCUT2D eigenvalue weighted by Crippen LogP contribution is 2.29. The fourth-order valence-electron chi connectivity index (χ4n) is 1.43. The third-order valence-corrected chi connectivity index (χ3v) is 5.52. The molecule has 98 valence electrons. The van der Waals surface area contributed by atoms with E-state index in [0.29, 0.717) is 17.1 Å². The van der Waals surface area contributed by atoms with E-state index in [0.717, 1.165) is 8.66 Å². The first-order chi connectivity index (χ1) is 8.49. The van der Waals surface area contributed by atoms with E-state index in [4.69, 9.17) is 0 Å². The molecule has 0 saturated carbocycles. The molecule has 0 atom stereocenters. The van der Waals surface area contributed by atoms with E-state index < -0.39 is 10.0 Å². The number of nitrogens with one attached hydrogen (secondary N) is 2. The monoisotopic (exact) mass is 350 g/mol. The molecule has 0 saturated heterocycles. The quantitative estimate of drug-likeness (QED) is 0.854. The van der Waals surface area contributed by atoms with Crippen molar-refractivity contribution >= 4 is 37.3 Å². The molecule has 2 heterocycles. The van der Waals surface area contributed by atoms with E-state index >= 15 is 0 Å². The van der Waals surface area contributed by atoms with Crippen molar-refractivity contribution in [1.82, 2.24) is 19.9 Å². The highest BCUT2D eigenvalue weighted by atomic mass is 79.9. The van der Waals surface area contributed by atoms with Gasteiger partial charge in [-0.05, 0) is 28.9 Å². The van der Waals surface area contributed by atoms with Crippen molar-refractivity contribution in [2.45, 2.75) is 18.2 Å². The molecule has 0 aliphatic heterocycles. The Morgan fingerprint density at radius 1 is 1.56 bits per heavy atom. The van der Waals surface area contributed by atoms with Crippen LogP contribution in [0.4, 0.5) is 0 Å². The highest BCUT2D eigenvalue weighted by Gasteiger charge is 2.18. The predicted octanol–water partition coefficient (Wildman–Crippen LogP) is 1.46. The first-order valence-electron chi connectivity index (χ1n) is 5.09. The third-order valence-electron chi connectivity index (χ3n) is 2.25. The topological polar surface area (TPSA) is 87.7 Å². The molecule has 0 unspecified atom stereocenters. The number of halogens is 1. The Morgan fingerprint density at radius 3 is 2.89 bits per heavy atom. The van der Waals surface area contributed by atoms with Gasteiger partial charge in [-0.2, -0.15) is 5.10 Å². The van der Waals surface area contributed by atoms with E-state index in [9.17, 15) is 8.42 Å². The van der Waals surface area contributed by atoms with Gasteiger partial charge in [0, 0.05) is 17.8 Å². The van der Waals surface area contributed by atoms with Gasteiger partial charge in [0.15, 0.2) is 0 Å². The Balaban J connectivity index is 2.02. The van der Waals surface area contributed by atoms with E-state index in [-0.39, 0.29) is 6.54 Å². The summed E-state index contributed by atoms with van der Waals surface area (Å²) in [4.78, 5) is 5.00. The second-order valence-corrected chi connectivity index (χ2v) is 7.92. The number of hydrogen-bond acceptors (Lipinski definition) is 5. The molecule has 0 bridgehead atoms. The van der Waals surface area contributed by atoms with Gasteiger partial charge in [-0.1, -0.05) is 0 Å². The lowest BCUT2D eigenvalue weighted by molar-refractivity contribution is 0.580. The second kappa shape index (κ2) is 5.47. The molecule has 2 aromatic rings. The molecule has 2 aromatic heterocycles. The molecular formula is C9H11BrN4O2S2. The summed E-state index contributed by atoms with van der Waals surface area (Å²) in [6, 6.07) is 1.61. The molecule has 0 amide bonds. The Hall–Kier alpha value is -0.770. The number of thiophene rings is 1. The van der Waals surface area contributed by atoms with Crippen molar-refractivity contribution in [3.8, 4) is 0 Å². The summed E-state index contributed by atoms with van der Waals surface area (Å²) in [5.41, 5.74) is 0. The van der Waals surface area contributed by atoms with Crippen LogP contribution in [0.1, 0.15) is 10.7 Å². The maximum Gasteiger partial charge on any atom is 0.241 e.